The number of aryl methyl sites for hydroxylation is 2. The molecule has 0 aliphatic carbocycles. The Morgan fingerprint density at radius 1 is 1.22 bits per heavy atom. The molecule has 0 bridgehead atoms. The number of nitrogens with zero attached hydrogens (tertiary/aromatic N) is 3. The maximum absolute atomic E-state index is 12.6. The van der Waals surface area contributed by atoms with Gasteiger partial charge in [-0.25, -0.2) is 4.98 Å². The summed E-state index contributed by atoms with van der Waals surface area (Å²) in [5.74, 6) is 0.248. The summed E-state index contributed by atoms with van der Waals surface area (Å²) >= 11 is 0. The van der Waals surface area contributed by atoms with Crippen molar-refractivity contribution < 1.29 is 19.4 Å². The molecule has 2 heterocycles. The van der Waals surface area contributed by atoms with Crippen molar-refractivity contribution in [2.24, 2.45) is 7.05 Å². The van der Waals surface area contributed by atoms with Gasteiger partial charge in [-0.15, -0.1) is 0 Å². The molecule has 0 spiro atoms. The highest BCUT2D eigenvalue weighted by atomic mass is 16.6. The fourth-order valence-corrected chi connectivity index (χ4v) is 4.26. The third kappa shape index (κ3) is 6.21. The smallest absolute Gasteiger partial charge is 0.326 e. The summed E-state index contributed by atoms with van der Waals surface area (Å²) in [5, 5.41) is 13.3. The molecule has 3 rings (SSSR count). The Labute approximate surface area is 212 Å². The topological polar surface area (TPSA) is 108 Å². The van der Waals surface area contributed by atoms with Gasteiger partial charge >= 0.3 is 5.97 Å². The second kappa shape index (κ2) is 10.9. The first-order valence-corrected chi connectivity index (χ1v) is 12.1. The number of rotatable bonds is 9. The third-order valence-electron chi connectivity index (χ3n) is 5.89. The number of imidazole rings is 1. The summed E-state index contributed by atoms with van der Waals surface area (Å²) in [5.41, 5.74) is 3.42. The number of methoxy groups -OCH3 is 1. The van der Waals surface area contributed by atoms with Crippen LogP contribution >= 0.6 is 0 Å². The first kappa shape index (κ1) is 27.6. The van der Waals surface area contributed by atoms with E-state index in [1.54, 1.807) is 59.5 Å². The van der Waals surface area contributed by atoms with E-state index in [9.17, 15) is 14.7 Å². The summed E-state index contributed by atoms with van der Waals surface area (Å²) in [4.78, 5) is 29.7. The Morgan fingerprint density at radius 3 is 2.50 bits per heavy atom. The number of aliphatic hydroxyl groups excluding tert-OH is 1. The van der Waals surface area contributed by atoms with Crippen molar-refractivity contribution in [3.8, 4) is 11.4 Å². The number of benzene rings is 1. The van der Waals surface area contributed by atoms with Crippen LogP contribution in [0.3, 0.4) is 0 Å². The summed E-state index contributed by atoms with van der Waals surface area (Å²) < 4.78 is 14.6. The molecule has 196 valence electrons. The summed E-state index contributed by atoms with van der Waals surface area (Å²) in [7, 11) is 3.40. The molecular weight excluding hydrogens is 460 g/mol. The van der Waals surface area contributed by atoms with Crippen LogP contribution in [0.15, 0.2) is 35.3 Å². The Morgan fingerprint density at radius 2 is 1.92 bits per heavy atom. The molecule has 0 amide bonds. The summed E-state index contributed by atoms with van der Waals surface area (Å²) in [6, 6.07) is 6.93. The van der Waals surface area contributed by atoms with Crippen molar-refractivity contribution in [1.29, 1.82) is 0 Å². The van der Waals surface area contributed by atoms with E-state index in [1.165, 1.54) is 0 Å². The largest absolute Gasteiger partial charge is 0.459 e. The van der Waals surface area contributed by atoms with Crippen molar-refractivity contribution >= 4 is 17.0 Å². The van der Waals surface area contributed by atoms with E-state index in [0.29, 0.717) is 18.7 Å². The van der Waals surface area contributed by atoms with Gasteiger partial charge < -0.3 is 23.7 Å². The number of esters is 1. The highest BCUT2D eigenvalue weighted by molar-refractivity contribution is 5.82. The molecule has 36 heavy (non-hydrogen) atoms. The average Bonchev–Trinajstić information content (AvgIpc) is 3.15. The Kier molecular flexibility index (Phi) is 8.38. The lowest BCUT2D eigenvalue weighted by Gasteiger charge is -2.26. The van der Waals surface area contributed by atoms with Crippen molar-refractivity contribution in [1.82, 2.24) is 19.4 Å². The fourth-order valence-electron chi connectivity index (χ4n) is 4.26. The zero-order chi connectivity index (χ0) is 26.8. The molecule has 0 saturated heterocycles. The number of carbonyl (C=O) groups excluding carboxylic acids is 1. The van der Waals surface area contributed by atoms with Gasteiger partial charge in [0.15, 0.2) is 0 Å². The van der Waals surface area contributed by atoms with Gasteiger partial charge in [-0.3, -0.25) is 14.9 Å². The van der Waals surface area contributed by atoms with E-state index in [4.69, 9.17) is 14.5 Å². The van der Waals surface area contributed by atoms with Gasteiger partial charge in [-0.1, -0.05) is 6.07 Å². The second-order valence-electron chi connectivity index (χ2n) is 10.4. The fraction of sp³-hybridized carbons (Fsp3) is 0.519. The monoisotopic (exact) mass is 498 g/mol. The van der Waals surface area contributed by atoms with Crippen molar-refractivity contribution in [2.45, 2.75) is 71.9 Å². The van der Waals surface area contributed by atoms with Gasteiger partial charge in [0.2, 0.25) is 0 Å². The highest BCUT2D eigenvalue weighted by Crippen LogP contribution is 2.29. The summed E-state index contributed by atoms with van der Waals surface area (Å²) in [6.45, 7) is 11.6. The average molecular weight is 499 g/mol. The molecule has 9 heteroatoms. The number of aliphatic hydroxyl groups is 1. The molecule has 2 aromatic heterocycles. The van der Waals surface area contributed by atoms with E-state index in [2.05, 4.69) is 16.8 Å². The van der Waals surface area contributed by atoms with E-state index in [1.807, 2.05) is 24.3 Å². The SMILES string of the molecule is COC[C@H](C)n1c(-c2cc(C)c(=O)n(C)c2)nc2cc(CNC(C(=O)OC(C)(C)C)C(C)O)ccc21. The van der Waals surface area contributed by atoms with Crippen molar-refractivity contribution in [3.05, 3.63) is 51.9 Å². The third-order valence-corrected chi connectivity index (χ3v) is 5.89. The normalized spacial score (nSPS) is 14.6. The molecule has 9 nitrogen and oxygen atoms in total. The number of fused-ring (bicyclic) bond motifs is 1. The van der Waals surface area contributed by atoms with E-state index < -0.39 is 23.7 Å². The molecule has 2 unspecified atom stereocenters. The lowest BCUT2D eigenvalue weighted by molar-refractivity contribution is -0.160. The predicted molar refractivity (Wildman–Crippen MR) is 140 cm³/mol. The molecule has 0 fully saturated rings. The first-order chi connectivity index (χ1) is 16.8. The number of carbonyl (C=O) groups is 1. The maximum Gasteiger partial charge on any atom is 0.326 e. The summed E-state index contributed by atoms with van der Waals surface area (Å²) in [6.07, 6.45) is 0.876. The number of ether oxygens (including phenoxy) is 2. The van der Waals surface area contributed by atoms with Crippen LogP contribution in [0.25, 0.3) is 22.4 Å². The van der Waals surface area contributed by atoms with Gasteiger partial charge in [0, 0.05) is 38.0 Å². The van der Waals surface area contributed by atoms with Crippen LogP contribution in [0.2, 0.25) is 0 Å². The van der Waals surface area contributed by atoms with Crippen molar-refractivity contribution in [3.63, 3.8) is 0 Å². The van der Waals surface area contributed by atoms with Crippen LogP contribution in [-0.4, -0.2) is 56.7 Å². The minimum atomic E-state index is -0.919. The molecule has 0 aliphatic rings. The van der Waals surface area contributed by atoms with Gasteiger partial charge in [-0.05, 0) is 65.3 Å². The van der Waals surface area contributed by atoms with Crippen LogP contribution in [-0.2, 0) is 27.9 Å². The van der Waals surface area contributed by atoms with E-state index in [0.717, 1.165) is 28.0 Å². The Hall–Kier alpha value is -3.01. The van der Waals surface area contributed by atoms with Crippen LogP contribution in [0.5, 0.6) is 0 Å². The lowest BCUT2D eigenvalue weighted by atomic mass is 10.1. The number of aromatic nitrogens is 3. The molecule has 1 aromatic carbocycles. The molecule has 2 N–H and O–H groups in total. The zero-order valence-corrected chi connectivity index (χ0v) is 22.5. The van der Waals surface area contributed by atoms with Gasteiger partial charge in [0.25, 0.3) is 5.56 Å². The molecule has 0 aliphatic heterocycles. The minimum absolute atomic E-state index is 0.00306. The minimum Gasteiger partial charge on any atom is -0.459 e. The Bertz CT molecular complexity index is 1260. The van der Waals surface area contributed by atoms with Crippen LogP contribution in [0.4, 0.5) is 0 Å². The highest BCUT2D eigenvalue weighted by Gasteiger charge is 2.28. The molecule has 0 radical (unpaired) electrons. The maximum atomic E-state index is 12.6. The Balaban J connectivity index is 1.98. The van der Waals surface area contributed by atoms with Crippen molar-refractivity contribution in [2.75, 3.05) is 13.7 Å². The molecule has 3 aromatic rings. The van der Waals surface area contributed by atoms with Crippen LogP contribution < -0.4 is 10.9 Å². The number of pyridine rings is 1. The predicted octanol–water partition coefficient (Wildman–Crippen LogP) is 3.10. The number of hydrogen-bond donors (Lipinski definition) is 2. The first-order valence-electron chi connectivity index (χ1n) is 12.1. The lowest BCUT2D eigenvalue weighted by Crippen LogP contribution is -2.47. The van der Waals surface area contributed by atoms with Crippen LogP contribution in [0.1, 0.15) is 51.8 Å². The van der Waals surface area contributed by atoms with Gasteiger partial charge in [0.05, 0.1) is 29.8 Å². The quantitative estimate of drug-likeness (QED) is 0.437. The molecular formula is C27H38N4O5. The number of nitrogens with one attached hydrogen (secondary N) is 1. The van der Waals surface area contributed by atoms with Crippen LogP contribution in [0, 0.1) is 6.92 Å². The standard InChI is InChI=1S/C27H38N4O5/c1-16-11-20(14-30(7)25(16)33)24-29-21-12-19(9-10-22(21)31(24)17(2)15-35-8)13-28-23(18(3)32)26(34)36-27(4,5)6/h9-12,14,17-18,23,28,32H,13,15H2,1-8H3/t17-,18?,23?/m0/s1. The van der Waals surface area contributed by atoms with E-state index >= 15 is 0 Å². The van der Waals surface area contributed by atoms with Gasteiger partial charge in [0.1, 0.15) is 17.5 Å². The molecule has 0 saturated carbocycles. The van der Waals surface area contributed by atoms with Gasteiger partial charge in [-0.2, -0.15) is 0 Å². The zero-order valence-electron chi connectivity index (χ0n) is 22.5. The van der Waals surface area contributed by atoms with E-state index in [-0.39, 0.29) is 11.6 Å². The number of hydrogen-bond acceptors (Lipinski definition) is 7. The molecule has 3 atom stereocenters. The second-order valence-corrected chi connectivity index (χ2v) is 10.4.